The number of fused-ring (bicyclic) bond motifs is 2. The van der Waals surface area contributed by atoms with Crippen LogP contribution in [0, 0.1) is 0 Å². The molecule has 0 aliphatic carbocycles. The minimum Gasteiger partial charge on any atom is -0.486 e. The Labute approximate surface area is 254 Å². The van der Waals surface area contributed by atoms with Crippen molar-refractivity contribution in [1.82, 2.24) is 4.90 Å². The topological polar surface area (TPSA) is 76.8 Å². The monoisotopic (exact) mass is 617 g/mol. The number of rotatable bonds is 8. The second-order valence-electron chi connectivity index (χ2n) is 10.3. The lowest BCUT2D eigenvalue weighted by atomic mass is 10.0. The molecule has 0 N–H and O–H groups in total. The molecule has 2 heterocycles. The fraction of sp³-hybridized carbons (Fsp3) is 0.147. The van der Waals surface area contributed by atoms with Gasteiger partial charge < -0.3 is 9.15 Å². The van der Waals surface area contributed by atoms with Crippen LogP contribution in [0.15, 0.2) is 100 Å². The van der Waals surface area contributed by atoms with Gasteiger partial charge in [0.25, 0.3) is 11.8 Å². The minimum atomic E-state index is -4.55. The van der Waals surface area contributed by atoms with Crippen molar-refractivity contribution >= 4 is 34.4 Å². The molecule has 0 atom stereocenters. The van der Waals surface area contributed by atoms with E-state index in [4.69, 9.17) is 20.8 Å². The molecule has 0 saturated carbocycles. The first-order valence-corrected chi connectivity index (χ1v) is 14.1. The van der Waals surface area contributed by atoms with Crippen LogP contribution in [0.5, 0.6) is 5.75 Å². The summed E-state index contributed by atoms with van der Waals surface area (Å²) >= 11 is 6.40. The first kappa shape index (κ1) is 29.2. The molecular formula is C34H23ClF3NO5. The second-order valence-corrected chi connectivity index (χ2v) is 10.7. The van der Waals surface area contributed by atoms with Crippen molar-refractivity contribution in [3.8, 4) is 17.1 Å². The summed E-state index contributed by atoms with van der Waals surface area (Å²) in [5.74, 6) is -1.09. The fourth-order valence-corrected chi connectivity index (χ4v) is 5.47. The van der Waals surface area contributed by atoms with Gasteiger partial charge in [0.15, 0.2) is 5.76 Å². The number of amides is 2. The molecule has 10 heteroatoms. The predicted octanol–water partition coefficient (Wildman–Crippen LogP) is 7.79. The highest BCUT2D eigenvalue weighted by Gasteiger charge is 2.35. The Balaban J connectivity index is 1.35. The number of nitrogens with zero attached hydrogens (tertiary/aromatic N) is 1. The second kappa shape index (κ2) is 11.7. The molecule has 1 aromatic heterocycles. The van der Waals surface area contributed by atoms with Crippen LogP contribution >= 0.6 is 11.6 Å². The first-order valence-electron chi connectivity index (χ1n) is 13.7. The molecule has 44 heavy (non-hydrogen) atoms. The molecule has 0 bridgehead atoms. The predicted molar refractivity (Wildman–Crippen MR) is 159 cm³/mol. The lowest BCUT2D eigenvalue weighted by Crippen LogP contribution is -2.31. The van der Waals surface area contributed by atoms with Crippen LogP contribution in [-0.2, 0) is 12.6 Å². The van der Waals surface area contributed by atoms with Crippen LogP contribution in [0.3, 0.4) is 0 Å². The van der Waals surface area contributed by atoms with Crippen molar-refractivity contribution in [1.29, 1.82) is 0 Å². The molecule has 1 aliphatic heterocycles. The highest BCUT2D eigenvalue weighted by Crippen LogP contribution is 2.36. The van der Waals surface area contributed by atoms with Gasteiger partial charge >= 0.3 is 6.18 Å². The van der Waals surface area contributed by atoms with Crippen molar-refractivity contribution in [3.05, 3.63) is 134 Å². The molecule has 0 unspecified atom stereocenters. The van der Waals surface area contributed by atoms with E-state index >= 15 is 0 Å². The summed E-state index contributed by atoms with van der Waals surface area (Å²) in [6.45, 7) is -0.0529. The van der Waals surface area contributed by atoms with E-state index in [2.05, 4.69) is 0 Å². The van der Waals surface area contributed by atoms with Gasteiger partial charge in [-0.05, 0) is 48.4 Å². The van der Waals surface area contributed by atoms with Gasteiger partial charge in [-0.25, -0.2) is 0 Å². The van der Waals surface area contributed by atoms with Gasteiger partial charge in [0.2, 0.25) is 11.2 Å². The van der Waals surface area contributed by atoms with Crippen LogP contribution in [0.4, 0.5) is 13.2 Å². The lowest BCUT2D eigenvalue weighted by Gasteiger charge is -2.16. The molecule has 0 fully saturated rings. The number of hydrogen-bond donors (Lipinski definition) is 0. The Hall–Kier alpha value is -4.89. The first-order chi connectivity index (χ1) is 21.1. The molecular weight excluding hydrogens is 595 g/mol. The average molecular weight is 618 g/mol. The maximum absolute atomic E-state index is 13.9. The third-order valence-electron chi connectivity index (χ3n) is 7.35. The maximum Gasteiger partial charge on any atom is 0.416 e. The molecule has 1 aliphatic rings. The molecule has 0 saturated heterocycles. The van der Waals surface area contributed by atoms with Crippen molar-refractivity contribution in [2.24, 2.45) is 0 Å². The van der Waals surface area contributed by atoms with Gasteiger partial charge in [0.05, 0.1) is 28.7 Å². The average Bonchev–Trinajstić information content (AvgIpc) is 3.25. The Morgan fingerprint density at radius 1 is 0.818 bits per heavy atom. The minimum absolute atomic E-state index is 0.0356. The van der Waals surface area contributed by atoms with Crippen molar-refractivity contribution in [3.63, 3.8) is 0 Å². The number of imide groups is 1. The Kier molecular flexibility index (Phi) is 7.73. The zero-order valence-corrected chi connectivity index (χ0v) is 23.7. The summed E-state index contributed by atoms with van der Waals surface area (Å²) in [5, 5.41) is 0.448. The van der Waals surface area contributed by atoms with Gasteiger partial charge in [-0.2, -0.15) is 13.2 Å². The lowest BCUT2D eigenvalue weighted by molar-refractivity contribution is -0.137. The quantitative estimate of drug-likeness (QED) is 0.131. The SMILES string of the molecule is O=C1c2ccccc2C(=O)N1CCCOc1c(-c2ccc(C(F)(F)F)cc2)oc2c(Cc3ccccc3)cc(Cl)cc2c1=O. The van der Waals surface area contributed by atoms with Gasteiger partial charge in [-0.15, -0.1) is 0 Å². The number of benzene rings is 4. The van der Waals surface area contributed by atoms with E-state index in [1.54, 1.807) is 30.3 Å². The van der Waals surface area contributed by atoms with Gasteiger partial charge in [-0.1, -0.05) is 66.2 Å². The summed E-state index contributed by atoms with van der Waals surface area (Å²) in [6.07, 6.45) is -3.98. The number of ether oxygens (including phenoxy) is 1. The van der Waals surface area contributed by atoms with E-state index in [1.807, 2.05) is 30.3 Å². The third-order valence-corrected chi connectivity index (χ3v) is 7.57. The largest absolute Gasteiger partial charge is 0.486 e. The molecule has 6 rings (SSSR count). The molecule has 6 nitrogen and oxygen atoms in total. The molecule has 0 radical (unpaired) electrons. The summed E-state index contributed by atoms with van der Waals surface area (Å²) in [6, 6.07) is 23.3. The molecule has 5 aromatic rings. The van der Waals surface area contributed by atoms with Crippen LogP contribution < -0.4 is 10.2 Å². The number of halogens is 4. The maximum atomic E-state index is 13.9. The standard InChI is InChI=1S/C34H23ClF3NO5/c35-24-18-22(17-20-7-2-1-3-8-20)29-27(19-24)28(40)31(30(44-29)21-11-13-23(14-12-21)34(36,37)38)43-16-6-15-39-32(41)25-9-4-5-10-26(25)33(39)42/h1-5,7-14,18-19H,6,15-17H2. The van der Waals surface area contributed by atoms with Crippen molar-refractivity contribution < 1.29 is 31.9 Å². The Morgan fingerprint density at radius 3 is 2.09 bits per heavy atom. The van der Waals surface area contributed by atoms with E-state index in [0.29, 0.717) is 28.1 Å². The number of hydrogen-bond acceptors (Lipinski definition) is 5. The third kappa shape index (κ3) is 5.58. The van der Waals surface area contributed by atoms with Crippen molar-refractivity contribution in [2.45, 2.75) is 19.0 Å². The van der Waals surface area contributed by atoms with Crippen LogP contribution in [0.25, 0.3) is 22.3 Å². The van der Waals surface area contributed by atoms with E-state index < -0.39 is 29.0 Å². The van der Waals surface area contributed by atoms with Gasteiger partial charge in [0.1, 0.15) is 5.58 Å². The van der Waals surface area contributed by atoms with E-state index in [0.717, 1.165) is 22.6 Å². The summed E-state index contributed by atoms with van der Waals surface area (Å²) in [5.41, 5.74) is 1.21. The van der Waals surface area contributed by atoms with Crippen LogP contribution in [0.2, 0.25) is 5.02 Å². The summed E-state index contributed by atoms with van der Waals surface area (Å²) in [7, 11) is 0. The zero-order chi connectivity index (χ0) is 31.0. The highest BCUT2D eigenvalue weighted by molar-refractivity contribution is 6.31. The van der Waals surface area contributed by atoms with E-state index in [1.165, 1.54) is 18.2 Å². The van der Waals surface area contributed by atoms with Crippen molar-refractivity contribution in [2.75, 3.05) is 13.2 Å². The fourth-order valence-electron chi connectivity index (χ4n) is 5.23. The zero-order valence-electron chi connectivity index (χ0n) is 23.0. The van der Waals surface area contributed by atoms with Gasteiger partial charge in [-0.3, -0.25) is 19.3 Å². The number of carbonyl (C=O) groups is 2. The highest BCUT2D eigenvalue weighted by atomic mass is 35.5. The Morgan fingerprint density at radius 2 is 1.45 bits per heavy atom. The van der Waals surface area contributed by atoms with Crippen LogP contribution in [-0.4, -0.2) is 29.9 Å². The molecule has 222 valence electrons. The number of carbonyl (C=O) groups excluding carboxylic acids is 2. The van der Waals surface area contributed by atoms with E-state index in [-0.39, 0.29) is 47.6 Å². The molecule has 2 amide bonds. The smallest absolute Gasteiger partial charge is 0.416 e. The molecule has 4 aromatic carbocycles. The van der Waals surface area contributed by atoms with Gasteiger partial charge in [0, 0.05) is 29.1 Å². The summed E-state index contributed by atoms with van der Waals surface area (Å²) in [4.78, 5) is 40.4. The Bertz CT molecular complexity index is 1920. The number of alkyl halides is 3. The van der Waals surface area contributed by atoms with E-state index in [9.17, 15) is 27.6 Å². The summed E-state index contributed by atoms with van der Waals surface area (Å²) < 4.78 is 52.0. The molecule has 0 spiro atoms. The van der Waals surface area contributed by atoms with Crippen LogP contribution in [0.1, 0.15) is 43.8 Å². The normalized spacial score (nSPS) is 13.0.